The third-order valence-corrected chi connectivity index (χ3v) is 2.65. The van der Waals surface area contributed by atoms with Crippen LogP contribution in [0.4, 0.5) is 0 Å². The van der Waals surface area contributed by atoms with Crippen LogP contribution < -0.4 is 11.1 Å². The van der Waals surface area contributed by atoms with E-state index in [1.54, 1.807) is 0 Å². The van der Waals surface area contributed by atoms with Crippen LogP contribution in [0.5, 0.6) is 11.5 Å². The van der Waals surface area contributed by atoms with E-state index in [4.69, 9.17) is 16.0 Å². The van der Waals surface area contributed by atoms with E-state index in [1.807, 2.05) is 6.92 Å². The Kier molecular flexibility index (Phi) is 4.99. The fourth-order valence-corrected chi connectivity index (χ4v) is 1.52. The van der Waals surface area contributed by atoms with Crippen molar-refractivity contribution in [2.75, 3.05) is 0 Å². The molecular weight excluding hydrogens is 250 g/mol. The second-order valence-corrected chi connectivity index (χ2v) is 4.08. The Morgan fingerprint density at radius 3 is 2.63 bits per heavy atom. The molecule has 0 aliphatic carbocycles. The van der Waals surface area contributed by atoms with Gasteiger partial charge in [-0.05, 0) is 24.6 Å². The molecule has 0 aliphatic rings. The molecule has 19 heavy (non-hydrogen) atoms. The zero-order valence-corrected chi connectivity index (χ0v) is 10.5. The first-order valence-electron chi connectivity index (χ1n) is 5.77. The van der Waals surface area contributed by atoms with Crippen LogP contribution in [-0.2, 0) is 0 Å². The van der Waals surface area contributed by atoms with Gasteiger partial charge in [0, 0.05) is 18.0 Å². The molecule has 0 spiro atoms. The monoisotopic (exact) mass is 267 g/mol. The zero-order chi connectivity index (χ0) is 14.4. The predicted octanol–water partition coefficient (Wildman–Crippen LogP) is 0.743. The van der Waals surface area contributed by atoms with E-state index in [0.717, 1.165) is 0 Å². The topological polar surface area (TPSA) is 128 Å². The maximum atomic E-state index is 11.9. The molecule has 6 N–H and O–H groups in total. The maximum absolute atomic E-state index is 11.9. The summed E-state index contributed by atoms with van der Waals surface area (Å²) in [4.78, 5) is 11.9. The normalized spacial score (nSPS) is 13.0. The van der Waals surface area contributed by atoms with Crippen molar-refractivity contribution in [3.63, 3.8) is 0 Å². The first-order chi connectivity index (χ1) is 8.97. The highest BCUT2D eigenvalue weighted by Crippen LogP contribution is 2.24. The van der Waals surface area contributed by atoms with Crippen LogP contribution in [0.25, 0.3) is 0 Å². The molecule has 1 aromatic carbocycles. The van der Waals surface area contributed by atoms with E-state index in [0.29, 0.717) is 6.42 Å². The van der Waals surface area contributed by atoms with Crippen LogP contribution in [0.3, 0.4) is 0 Å². The zero-order valence-electron chi connectivity index (χ0n) is 10.5. The molecule has 1 aromatic rings. The summed E-state index contributed by atoms with van der Waals surface area (Å²) in [7, 11) is 0. The number of carbonyl (C=O) groups is 1. The first-order valence-corrected chi connectivity index (χ1v) is 5.77. The van der Waals surface area contributed by atoms with E-state index in [9.17, 15) is 9.90 Å². The van der Waals surface area contributed by atoms with Gasteiger partial charge in [-0.3, -0.25) is 4.79 Å². The summed E-state index contributed by atoms with van der Waals surface area (Å²) >= 11 is 0. The quantitative estimate of drug-likeness (QED) is 0.177. The number of benzene rings is 1. The largest absolute Gasteiger partial charge is 0.504 e. The average Bonchev–Trinajstić information content (AvgIpc) is 2.40. The Balaban J connectivity index is 2.74. The van der Waals surface area contributed by atoms with Crippen molar-refractivity contribution in [1.82, 2.24) is 5.32 Å². The van der Waals surface area contributed by atoms with Gasteiger partial charge in [-0.1, -0.05) is 12.1 Å². The molecule has 104 valence electrons. The van der Waals surface area contributed by atoms with Gasteiger partial charge in [0.05, 0.1) is 0 Å². The Hall–Kier alpha value is -2.44. The van der Waals surface area contributed by atoms with Gasteiger partial charge in [0.25, 0.3) is 5.91 Å². The lowest BCUT2D eigenvalue weighted by Crippen LogP contribution is -2.37. The molecule has 1 amide bonds. The number of carbonyl (C=O) groups excluding carboxylic acids is 1. The molecule has 1 rings (SSSR count). The lowest BCUT2D eigenvalue weighted by atomic mass is 10.1. The molecule has 7 nitrogen and oxygen atoms in total. The van der Waals surface area contributed by atoms with Crippen molar-refractivity contribution in [3.05, 3.63) is 23.8 Å². The van der Waals surface area contributed by atoms with Crippen LogP contribution in [0.15, 0.2) is 23.4 Å². The minimum absolute atomic E-state index is 0.0284. The SMILES string of the molecule is CCC(C/C(N)=N/O)NC(=O)c1ccc(O)c(O)c1. The third-order valence-electron chi connectivity index (χ3n) is 2.65. The van der Waals surface area contributed by atoms with Gasteiger partial charge in [0.1, 0.15) is 5.84 Å². The van der Waals surface area contributed by atoms with Crippen molar-refractivity contribution in [3.8, 4) is 11.5 Å². The number of nitrogens with two attached hydrogens (primary N) is 1. The van der Waals surface area contributed by atoms with Gasteiger partial charge in [-0.25, -0.2) is 0 Å². The minimum Gasteiger partial charge on any atom is -0.504 e. The fraction of sp³-hybridized carbons (Fsp3) is 0.333. The van der Waals surface area contributed by atoms with Gasteiger partial charge in [-0.2, -0.15) is 0 Å². The van der Waals surface area contributed by atoms with Crippen LogP contribution in [-0.4, -0.2) is 33.2 Å². The molecule has 0 aliphatic heterocycles. The third kappa shape index (κ3) is 4.06. The van der Waals surface area contributed by atoms with Crippen molar-refractivity contribution < 1.29 is 20.2 Å². The Morgan fingerprint density at radius 1 is 1.42 bits per heavy atom. The maximum Gasteiger partial charge on any atom is 0.251 e. The molecular formula is C12H17N3O4. The highest BCUT2D eigenvalue weighted by Gasteiger charge is 2.15. The number of nitrogens with one attached hydrogen (secondary N) is 1. The van der Waals surface area contributed by atoms with Crippen molar-refractivity contribution >= 4 is 11.7 Å². The van der Waals surface area contributed by atoms with Crippen molar-refractivity contribution in [2.24, 2.45) is 10.9 Å². The number of hydrogen-bond acceptors (Lipinski definition) is 5. The average molecular weight is 267 g/mol. The minimum atomic E-state index is -0.409. The van der Waals surface area contributed by atoms with Gasteiger partial charge in [0.15, 0.2) is 11.5 Å². The van der Waals surface area contributed by atoms with E-state index >= 15 is 0 Å². The second-order valence-electron chi connectivity index (χ2n) is 4.08. The number of hydrogen-bond donors (Lipinski definition) is 5. The molecule has 0 bridgehead atoms. The lowest BCUT2D eigenvalue weighted by molar-refractivity contribution is 0.0936. The molecule has 7 heteroatoms. The first kappa shape index (κ1) is 14.6. The molecule has 0 aromatic heterocycles. The van der Waals surface area contributed by atoms with Crippen molar-refractivity contribution in [1.29, 1.82) is 0 Å². The van der Waals surface area contributed by atoms with Gasteiger partial charge < -0.3 is 26.5 Å². The number of aromatic hydroxyl groups is 2. The standard InChI is InChI=1S/C12H17N3O4/c1-2-8(6-11(13)15-19)14-12(18)7-3-4-9(16)10(17)5-7/h3-5,8,16-17,19H,2,6H2,1H3,(H2,13,15)(H,14,18). The summed E-state index contributed by atoms with van der Waals surface area (Å²) < 4.78 is 0. The summed E-state index contributed by atoms with van der Waals surface area (Å²) in [5.41, 5.74) is 5.60. The number of oxime groups is 1. The van der Waals surface area contributed by atoms with Crippen LogP contribution in [0, 0.1) is 0 Å². The summed E-state index contributed by atoms with van der Waals surface area (Å²) in [6, 6.07) is 3.51. The fourth-order valence-electron chi connectivity index (χ4n) is 1.52. The summed E-state index contributed by atoms with van der Waals surface area (Å²) in [5.74, 6) is -1.04. The Labute approximate surface area is 110 Å². The molecule has 0 saturated heterocycles. The van der Waals surface area contributed by atoms with E-state index in [2.05, 4.69) is 10.5 Å². The van der Waals surface area contributed by atoms with Crippen LogP contribution in [0.1, 0.15) is 30.1 Å². The van der Waals surface area contributed by atoms with E-state index < -0.39 is 5.91 Å². The number of nitrogens with zero attached hydrogens (tertiary/aromatic N) is 1. The van der Waals surface area contributed by atoms with Gasteiger partial charge >= 0.3 is 0 Å². The lowest BCUT2D eigenvalue weighted by Gasteiger charge is -2.16. The van der Waals surface area contributed by atoms with Crippen LogP contribution >= 0.6 is 0 Å². The van der Waals surface area contributed by atoms with E-state index in [1.165, 1.54) is 18.2 Å². The summed E-state index contributed by atoms with van der Waals surface area (Å²) in [6.07, 6.45) is 0.828. The number of phenolic OH excluding ortho intramolecular Hbond substituents is 2. The van der Waals surface area contributed by atoms with Crippen molar-refractivity contribution in [2.45, 2.75) is 25.8 Å². The number of phenols is 2. The number of amides is 1. The molecule has 0 heterocycles. The smallest absolute Gasteiger partial charge is 0.251 e. The molecule has 0 saturated carbocycles. The molecule has 1 unspecified atom stereocenters. The summed E-state index contributed by atoms with van der Waals surface area (Å²) in [6.45, 7) is 1.85. The second kappa shape index (κ2) is 6.48. The van der Waals surface area contributed by atoms with E-state index in [-0.39, 0.29) is 35.4 Å². The van der Waals surface area contributed by atoms with Gasteiger partial charge in [-0.15, -0.1) is 0 Å². The highest BCUT2D eigenvalue weighted by molar-refractivity contribution is 5.95. The highest BCUT2D eigenvalue weighted by atomic mass is 16.4. The summed E-state index contributed by atoms with van der Waals surface area (Å²) in [5, 5.41) is 32.5. The molecule has 0 fully saturated rings. The van der Waals surface area contributed by atoms with Crippen LogP contribution in [0.2, 0.25) is 0 Å². The number of rotatable bonds is 5. The van der Waals surface area contributed by atoms with Gasteiger partial charge in [0.2, 0.25) is 0 Å². The molecule has 0 radical (unpaired) electrons. The Bertz CT molecular complexity index is 488. The molecule has 1 atom stereocenters. The predicted molar refractivity (Wildman–Crippen MR) is 69.3 cm³/mol. The number of amidine groups is 1. The Morgan fingerprint density at radius 2 is 2.11 bits per heavy atom.